The van der Waals surface area contributed by atoms with Gasteiger partial charge in [0.05, 0.1) is 0 Å². The molecule has 0 radical (unpaired) electrons. The summed E-state index contributed by atoms with van der Waals surface area (Å²) in [5.41, 5.74) is 0. The van der Waals surface area contributed by atoms with Crippen molar-refractivity contribution in [3.63, 3.8) is 0 Å². The summed E-state index contributed by atoms with van der Waals surface area (Å²) < 4.78 is 0. The van der Waals surface area contributed by atoms with Gasteiger partial charge in [-0.1, -0.05) is 12.8 Å². The van der Waals surface area contributed by atoms with Crippen LogP contribution in [0.2, 0.25) is 0 Å². The molecule has 2 aliphatic rings. The summed E-state index contributed by atoms with van der Waals surface area (Å²) in [4.78, 5) is 4.58. The van der Waals surface area contributed by atoms with Crippen molar-refractivity contribution in [1.29, 1.82) is 0 Å². The van der Waals surface area contributed by atoms with Crippen LogP contribution < -0.4 is 0 Å². The van der Waals surface area contributed by atoms with Crippen LogP contribution >= 0.6 is 0 Å². The lowest BCUT2D eigenvalue weighted by atomic mass is 10.2. The quantitative estimate of drug-likeness (QED) is 0.550. The Balaban J connectivity index is 1.65. The zero-order valence-electron chi connectivity index (χ0n) is 7.13. The van der Waals surface area contributed by atoms with Gasteiger partial charge in [-0.2, -0.15) is 0 Å². The van der Waals surface area contributed by atoms with Crippen molar-refractivity contribution in [2.24, 2.45) is 10.9 Å². The number of hydrogen-bond donors (Lipinski definition) is 0. The first kappa shape index (κ1) is 7.33. The summed E-state index contributed by atoms with van der Waals surface area (Å²) in [6.07, 6.45) is 11.9. The molecule has 0 aromatic carbocycles. The van der Waals surface area contributed by atoms with Gasteiger partial charge < -0.3 is 0 Å². The van der Waals surface area contributed by atoms with Gasteiger partial charge in [-0.3, -0.25) is 4.99 Å². The van der Waals surface area contributed by atoms with Crippen LogP contribution in [0.3, 0.4) is 0 Å². The van der Waals surface area contributed by atoms with E-state index in [9.17, 15) is 0 Å². The first-order chi connectivity index (χ1) is 5.45. The summed E-state index contributed by atoms with van der Waals surface area (Å²) in [6.45, 7) is 0. The third-order valence-corrected chi connectivity index (χ3v) is 2.78. The molecule has 0 amide bonds. The van der Waals surface area contributed by atoms with Gasteiger partial charge in [-0.15, -0.1) is 0 Å². The maximum atomic E-state index is 4.58. The molecule has 0 N–H and O–H groups in total. The van der Waals surface area contributed by atoms with E-state index in [4.69, 9.17) is 0 Å². The molecule has 0 saturated heterocycles. The van der Waals surface area contributed by atoms with Crippen LogP contribution in [0.1, 0.15) is 44.9 Å². The van der Waals surface area contributed by atoms with Crippen molar-refractivity contribution in [3.8, 4) is 0 Å². The summed E-state index contributed by atoms with van der Waals surface area (Å²) in [5.74, 6) is 1.01. The van der Waals surface area contributed by atoms with Crippen molar-refractivity contribution in [2.75, 3.05) is 0 Å². The Labute approximate surface area is 68.9 Å². The van der Waals surface area contributed by atoms with Crippen LogP contribution in [0, 0.1) is 5.92 Å². The zero-order chi connectivity index (χ0) is 7.52. The molecule has 2 saturated carbocycles. The first-order valence-corrected chi connectivity index (χ1v) is 4.97. The molecule has 0 heterocycles. The smallest absolute Gasteiger partial charge is 0.0495 e. The average Bonchev–Trinajstić information content (AvgIpc) is 2.66. The highest BCUT2D eigenvalue weighted by Crippen LogP contribution is 2.31. The zero-order valence-corrected chi connectivity index (χ0v) is 7.13. The maximum absolute atomic E-state index is 4.58. The predicted molar refractivity (Wildman–Crippen MR) is 48.1 cm³/mol. The Morgan fingerprint density at radius 1 is 1.09 bits per heavy atom. The fourth-order valence-corrected chi connectivity index (χ4v) is 1.77. The maximum Gasteiger partial charge on any atom is 0.0495 e. The molecule has 0 unspecified atom stereocenters. The minimum Gasteiger partial charge on any atom is -0.294 e. The van der Waals surface area contributed by atoms with E-state index >= 15 is 0 Å². The SMILES string of the molecule is C(CC1CC1)=NC1CCCC1. The van der Waals surface area contributed by atoms with E-state index in [-0.39, 0.29) is 0 Å². The Hall–Kier alpha value is -0.330. The Morgan fingerprint density at radius 3 is 2.45 bits per heavy atom. The lowest BCUT2D eigenvalue weighted by Crippen LogP contribution is -1.95. The summed E-state index contributed by atoms with van der Waals surface area (Å²) in [5, 5.41) is 0. The van der Waals surface area contributed by atoms with Crippen LogP contribution in [0.25, 0.3) is 0 Å². The normalized spacial score (nSPS) is 26.9. The standard InChI is InChI=1S/C10H17N/c1-2-4-10(3-1)11-8-7-9-5-6-9/h8-10H,1-7H2. The van der Waals surface area contributed by atoms with Crippen LogP contribution in [0.4, 0.5) is 0 Å². The molecule has 1 heteroatoms. The molecular formula is C10H17N. The number of hydrogen-bond acceptors (Lipinski definition) is 1. The highest BCUT2D eigenvalue weighted by molar-refractivity contribution is 5.58. The Bertz CT molecular complexity index is 141. The highest BCUT2D eigenvalue weighted by Gasteiger charge is 2.19. The molecule has 0 aliphatic heterocycles. The molecule has 2 rings (SSSR count). The number of rotatable bonds is 3. The van der Waals surface area contributed by atoms with Crippen molar-refractivity contribution < 1.29 is 0 Å². The molecule has 0 bridgehead atoms. The topological polar surface area (TPSA) is 12.4 Å². The minimum absolute atomic E-state index is 0.703. The number of aliphatic imine (C=N–C) groups is 1. The molecule has 0 aromatic heterocycles. The summed E-state index contributed by atoms with van der Waals surface area (Å²) >= 11 is 0. The van der Waals surface area contributed by atoms with Crippen LogP contribution in [-0.2, 0) is 0 Å². The predicted octanol–water partition coefficient (Wildman–Crippen LogP) is 2.80. The van der Waals surface area contributed by atoms with E-state index < -0.39 is 0 Å². The molecule has 0 atom stereocenters. The van der Waals surface area contributed by atoms with E-state index in [1.807, 2.05) is 0 Å². The second kappa shape index (κ2) is 3.38. The molecule has 2 aliphatic carbocycles. The van der Waals surface area contributed by atoms with Crippen LogP contribution in [-0.4, -0.2) is 12.3 Å². The molecule has 2 fully saturated rings. The third-order valence-electron chi connectivity index (χ3n) is 2.78. The molecule has 1 nitrogen and oxygen atoms in total. The van der Waals surface area contributed by atoms with Gasteiger partial charge in [-0.25, -0.2) is 0 Å². The first-order valence-electron chi connectivity index (χ1n) is 4.97. The second-order valence-corrected chi connectivity index (χ2v) is 3.95. The van der Waals surface area contributed by atoms with Gasteiger partial charge in [0.15, 0.2) is 0 Å². The second-order valence-electron chi connectivity index (χ2n) is 3.95. The van der Waals surface area contributed by atoms with Crippen molar-refractivity contribution in [2.45, 2.75) is 51.0 Å². The van der Waals surface area contributed by atoms with Gasteiger partial charge in [-0.05, 0) is 44.2 Å². The van der Waals surface area contributed by atoms with Gasteiger partial charge in [0.25, 0.3) is 0 Å². The van der Waals surface area contributed by atoms with Crippen molar-refractivity contribution in [3.05, 3.63) is 0 Å². The van der Waals surface area contributed by atoms with E-state index in [2.05, 4.69) is 11.2 Å². The molecule has 0 aromatic rings. The van der Waals surface area contributed by atoms with Crippen LogP contribution in [0.5, 0.6) is 0 Å². The Morgan fingerprint density at radius 2 is 1.82 bits per heavy atom. The highest BCUT2D eigenvalue weighted by atomic mass is 14.8. The molecular weight excluding hydrogens is 134 g/mol. The van der Waals surface area contributed by atoms with Gasteiger partial charge >= 0.3 is 0 Å². The molecule has 0 spiro atoms. The van der Waals surface area contributed by atoms with Gasteiger partial charge in [0, 0.05) is 6.04 Å². The van der Waals surface area contributed by atoms with Gasteiger partial charge in [0.1, 0.15) is 0 Å². The fourth-order valence-electron chi connectivity index (χ4n) is 1.77. The van der Waals surface area contributed by atoms with E-state index in [0.29, 0.717) is 6.04 Å². The summed E-state index contributed by atoms with van der Waals surface area (Å²) in [6, 6.07) is 0.703. The van der Waals surface area contributed by atoms with Crippen LogP contribution in [0.15, 0.2) is 4.99 Å². The Kier molecular flexibility index (Phi) is 2.25. The van der Waals surface area contributed by atoms with E-state index in [1.165, 1.54) is 44.9 Å². The van der Waals surface area contributed by atoms with Crippen molar-refractivity contribution >= 4 is 6.21 Å². The monoisotopic (exact) mass is 151 g/mol. The van der Waals surface area contributed by atoms with E-state index in [1.54, 1.807) is 0 Å². The fraction of sp³-hybridized carbons (Fsp3) is 0.900. The molecule has 11 heavy (non-hydrogen) atoms. The number of nitrogens with zero attached hydrogens (tertiary/aromatic N) is 1. The lowest BCUT2D eigenvalue weighted by Gasteiger charge is -1.99. The summed E-state index contributed by atoms with van der Waals surface area (Å²) in [7, 11) is 0. The minimum atomic E-state index is 0.703. The average molecular weight is 151 g/mol. The van der Waals surface area contributed by atoms with Crippen molar-refractivity contribution in [1.82, 2.24) is 0 Å². The van der Waals surface area contributed by atoms with Gasteiger partial charge in [0.2, 0.25) is 0 Å². The van der Waals surface area contributed by atoms with E-state index in [0.717, 1.165) is 5.92 Å². The lowest BCUT2D eigenvalue weighted by molar-refractivity contribution is 0.705. The molecule has 62 valence electrons. The largest absolute Gasteiger partial charge is 0.294 e. The third kappa shape index (κ3) is 2.32.